The summed E-state index contributed by atoms with van der Waals surface area (Å²) >= 11 is 5.93. The van der Waals surface area contributed by atoms with Crippen molar-refractivity contribution in [2.75, 3.05) is 10.5 Å². The van der Waals surface area contributed by atoms with Crippen LogP contribution < -0.4 is 10.5 Å². The van der Waals surface area contributed by atoms with Crippen LogP contribution >= 0.6 is 11.6 Å². The zero-order valence-corrected chi connectivity index (χ0v) is 11.5. The number of hydrogen-bond acceptors (Lipinski definition) is 5. The van der Waals surface area contributed by atoms with Gasteiger partial charge in [-0.1, -0.05) is 11.6 Å². The van der Waals surface area contributed by atoms with Gasteiger partial charge in [-0.3, -0.25) is 9.71 Å². The van der Waals surface area contributed by atoms with E-state index >= 15 is 0 Å². The first kappa shape index (κ1) is 13.6. The molecule has 0 atom stereocenters. The van der Waals surface area contributed by atoms with Gasteiger partial charge in [-0.15, -0.1) is 0 Å². The third kappa shape index (κ3) is 2.94. The number of sulfonamides is 1. The first-order valence-electron chi connectivity index (χ1n) is 5.24. The Labute approximate surface area is 115 Å². The maximum atomic E-state index is 12.1. The summed E-state index contributed by atoms with van der Waals surface area (Å²) in [7, 11) is -3.79. The summed E-state index contributed by atoms with van der Waals surface area (Å²) in [6.07, 6.45) is 4.13. The van der Waals surface area contributed by atoms with E-state index in [2.05, 4.69) is 14.7 Å². The zero-order valence-electron chi connectivity index (χ0n) is 9.96. The lowest BCUT2D eigenvalue weighted by atomic mass is 10.2. The van der Waals surface area contributed by atoms with Crippen molar-refractivity contribution in [3.05, 3.63) is 41.3 Å². The number of aromatic nitrogens is 2. The SMILES string of the molecule is Cc1c(N)cc(S(=O)(=O)Nc2cnccn2)cc1Cl. The van der Waals surface area contributed by atoms with E-state index in [4.69, 9.17) is 17.3 Å². The minimum absolute atomic E-state index is 0.0220. The highest BCUT2D eigenvalue weighted by Gasteiger charge is 2.17. The van der Waals surface area contributed by atoms with Crippen molar-refractivity contribution in [1.82, 2.24) is 9.97 Å². The third-order valence-electron chi connectivity index (χ3n) is 2.47. The van der Waals surface area contributed by atoms with Crippen molar-refractivity contribution >= 4 is 33.1 Å². The molecule has 100 valence electrons. The molecule has 1 aromatic carbocycles. The fourth-order valence-electron chi connectivity index (χ4n) is 1.38. The zero-order chi connectivity index (χ0) is 14.0. The first-order valence-corrected chi connectivity index (χ1v) is 7.11. The molecule has 0 aliphatic heterocycles. The Morgan fingerprint density at radius 1 is 1.32 bits per heavy atom. The first-order chi connectivity index (χ1) is 8.90. The predicted molar refractivity (Wildman–Crippen MR) is 73.4 cm³/mol. The van der Waals surface area contributed by atoms with Crippen LogP contribution in [0.3, 0.4) is 0 Å². The van der Waals surface area contributed by atoms with E-state index in [0.717, 1.165) is 0 Å². The molecule has 0 amide bonds. The molecule has 0 bridgehead atoms. The Hall–Kier alpha value is -1.86. The molecule has 0 saturated heterocycles. The lowest BCUT2D eigenvalue weighted by Crippen LogP contribution is -2.14. The second-order valence-electron chi connectivity index (χ2n) is 3.82. The standard InChI is InChI=1S/C11H11ClN4O2S/c1-7-9(12)4-8(5-10(7)13)19(17,18)16-11-6-14-2-3-15-11/h2-6H,13H2,1H3,(H,15,16). The smallest absolute Gasteiger partial charge is 0.263 e. The number of benzene rings is 1. The van der Waals surface area contributed by atoms with Gasteiger partial charge in [0, 0.05) is 23.1 Å². The van der Waals surface area contributed by atoms with Gasteiger partial charge in [0.15, 0.2) is 5.82 Å². The van der Waals surface area contributed by atoms with Crippen LogP contribution in [0.25, 0.3) is 0 Å². The van der Waals surface area contributed by atoms with Crippen molar-refractivity contribution < 1.29 is 8.42 Å². The van der Waals surface area contributed by atoms with Crippen LogP contribution in [0.5, 0.6) is 0 Å². The van der Waals surface area contributed by atoms with Crippen LogP contribution in [0.1, 0.15) is 5.56 Å². The Balaban J connectivity index is 2.40. The summed E-state index contributed by atoms with van der Waals surface area (Å²) < 4.78 is 26.5. The average Bonchev–Trinajstić information content (AvgIpc) is 2.36. The Morgan fingerprint density at radius 2 is 2.05 bits per heavy atom. The van der Waals surface area contributed by atoms with Gasteiger partial charge in [-0.2, -0.15) is 0 Å². The maximum Gasteiger partial charge on any atom is 0.263 e. The normalized spacial score (nSPS) is 11.3. The lowest BCUT2D eigenvalue weighted by Gasteiger charge is -2.10. The highest BCUT2D eigenvalue weighted by Crippen LogP contribution is 2.26. The van der Waals surface area contributed by atoms with Gasteiger partial charge >= 0.3 is 0 Å². The predicted octanol–water partition coefficient (Wildman–Crippen LogP) is 1.82. The molecular weight excluding hydrogens is 288 g/mol. The third-order valence-corrected chi connectivity index (χ3v) is 4.20. The molecule has 0 aliphatic rings. The van der Waals surface area contributed by atoms with Gasteiger partial charge in [0.1, 0.15) is 0 Å². The Kier molecular flexibility index (Phi) is 3.59. The highest BCUT2D eigenvalue weighted by molar-refractivity contribution is 7.92. The van der Waals surface area contributed by atoms with Crippen LogP contribution in [0.15, 0.2) is 35.6 Å². The molecule has 0 spiro atoms. The van der Waals surface area contributed by atoms with Crippen LogP contribution in [-0.4, -0.2) is 18.4 Å². The molecule has 1 aromatic heterocycles. The number of nitrogen functional groups attached to an aromatic ring is 1. The maximum absolute atomic E-state index is 12.1. The molecule has 1 heterocycles. The second-order valence-corrected chi connectivity index (χ2v) is 5.91. The molecule has 0 radical (unpaired) electrons. The Morgan fingerprint density at radius 3 is 2.63 bits per heavy atom. The minimum atomic E-state index is -3.79. The lowest BCUT2D eigenvalue weighted by molar-refractivity contribution is 0.601. The van der Waals surface area contributed by atoms with E-state index in [1.807, 2.05) is 0 Å². The van der Waals surface area contributed by atoms with Crippen molar-refractivity contribution in [2.24, 2.45) is 0 Å². The van der Waals surface area contributed by atoms with Gasteiger partial charge in [0.25, 0.3) is 10.0 Å². The molecule has 8 heteroatoms. The van der Waals surface area contributed by atoms with Crippen LogP contribution in [-0.2, 0) is 10.0 Å². The average molecular weight is 299 g/mol. The molecule has 3 N–H and O–H groups in total. The summed E-state index contributed by atoms with van der Waals surface area (Å²) in [5.74, 6) is 0.123. The molecule has 0 fully saturated rings. The topological polar surface area (TPSA) is 98.0 Å². The van der Waals surface area contributed by atoms with Crippen molar-refractivity contribution in [3.8, 4) is 0 Å². The van der Waals surface area contributed by atoms with E-state index < -0.39 is 10.0 Å². The summed E-state index contributed by atoms with van der Waals surface area (Å²) in [5, 5.41) is 0.291. The van der Waals surface area contributed by atoms with E-state index in [1.165, 1.54) is 30.7 Å². The number of rotatable bonds is 3. The molecule has 19 heavy (non-hydrogen) atoms. The van der Waals surface area contributed by atoms with Crippen molar-refractivity contribution in [3.63, 3.8) is 0 Å². The fourth-order valence-corrected chi connectivity index (χ4v) is 2.72. The number of anilines is 2. The van der Waals surface area contributed by atoms with E-state index in [-0.39, 0.29) is 10.7 Å². The highest BCUT2D eigenvalue weighted by atomic mass is 35.5. The molecule has 0 unspecified atom stereocenters. The summed E-state index contributed by atoms with van der Waals surface area (Å²) in [5.41, 5.74) is 6.66. The quantitative estimate of drug-likeness (QED) is 0.842. The number of nitrogens with one attached hydrogen (secondary N) is 1. The molecule has 2 rings (SSSR count). The number of hydrogen-bond donors (Lipinski definition) is 2. The van der Waals surface area contributed by atoms with Crippen LogP contribution in [0.2, 0.25) is 5.02 Å². The fraction of sp³-hybridized carbons (Fsp3) is 0.0909. The molecular formula is C11H11ClN4O2S. The second kappa shape index (κ2) is 5.02. The molecule has 0 aliphatic carbocycles. The number of halogens is 1. The summed E-state index contributed by atoms with van der Waals surface area (Å²) in [4.78, 5) is 7.58. The summed E-state index contributed by atoms with van der Waals surface area (Å²) in [6.45, 7) is 1.71. The minimum Gasteiger partial charge on any atom is -0.398 e. The molecule has 2 aromatic rings. The van der Waals surface area contributed by atoms with Gasteiger partial charge < -0.3 is 5.73 Å². The van der Waals surface area contributed by atoms with Gasteiger partial charge in [0.05, 0.1) is 11.1 Å². The van der Waals surface area contributed by atoms with Crippen molar-refractivity contribution in [2.45, 2.75) is 11.8 Å². The van der Waals surface area contributed by atoms with Crippen molar-refractivity contribution in [1.29, 1.82) is 0 Å². The Bertz CT molecular complexity index is 681. The van der Waals surface area contributed by atoms with Gasteiger partial charge in [-0.05, 0) is 24.6 Å². The number of nitrogens with two attached hydrogens (primary N) is 1. The number of nitrogens with zero attached hydrogens (tertiary/aromatic N) is 2. The van der Waals surface area contributed by atoms with Crippen LogP contribution in [0, 0.1) is 6.92 Å². The monoisotopic (exact) mass is 298 g/mol. The van der Waals surface area contributed by atoms with Crippen LogP contribution in [0.4, 0.5) is 11.5 Å². The van der Waals surface area contributed by atoms with Gasteiger partial charge in [-0.25, -0.2) is 13.4 Å². The molecule has 0 saturated carbocycles. The molecule has 6 nitrogen and oxygen atoms in total. The van der Waals surface area contributed by atoms with Gasteiger partial charge in [0.2, 0.25) is 0 Å². The van der Waals surface area contributed by atoms with E-state index in [9.17, 15) is 8.42 Å². The van der Waals surface area contributed by atoms with E-state index in [0.29, 0.717) is 16.3 Å². The van der Waals surface area contributed by atoms with E-state index in [1.54, 1.807) is 6.92 Å². The summed E-state index contributed by atoms with van der Waals surface area (Å²) in [6, 6.07) is 2.69. The largest absolute Gasteiger partial charge is 0.398 e.